The average Bonchev–Trinajstić information content (AvgIpc) is 2.29. The third-order valence-corrected chi connectivity index (χ3v) is 2.90. The average molecular weight is 238 g/mol. The molecule has 1 aromatic rings. The Labute approximate surface area is 99.4 Å². The van der Waals surface area contributed by atoms with Crippen molar-refractivity contribution in [1.82, 2.24) is 4.98 Å². The van der Waals surface area contributed by atoms with E-state index in [4.69, 9.17) is 21.6 Å². The highest BCUT2D eigenvalue weighted by atomic mass is 35.5. The van der Waals surface area contributed by atoms with Gasteiger partial charge in [-0.25, -0.2) is 4.98 Å². The van der Waals surface area contributed by atoms with Gasteiger partial charge in [0.05, 0.1) is 18.3 Å². The van der Waals surface area contributed by atoms with Crippen LogP contribution in [-0.4, -0.2) is 30.8 Å². The third kappa shape index (κ3) is 2.11. The predicted molar refractivity (Wildman–Crippen MR) is 61.6 cm³/mol. The van der Waals surface area contributed by atoms with Gasteiger partial charge in [-0.05, 0) is 13.0 Å². The SMILES string of the molecule is CC1CN(c2nccc(C#N)c2Cl)CCO1. The summed E-state index contributed by atoms with van der Waals surface area (Å²) in [6.07, 6.45) is 1.78. The van der Waals surface area contributed by atoms with Gasteiger partial charge in [-0.2, -0.15) is 5.26 Å². The molecule has 0 aromatic carbocycles. The molecule has 1 aliphatic rings. The Bertz CT molecular complexity index is 430. The molecule has 0 amide bonds. The second kappa shape index (κ2) is 4.69. The van der Waals surface area contributed by atoms with E-state index in [1.165, 1.54) is 0 Å². The van der Waals surface area contributed by atoms with Crippen LogP contribution < -0.4 is 4.90 Å². The minimum Gasteiger partial charge on any atom is -0.375 e. The van der Waals surface area contributed by atoms with Crippen LogP contribution in [0.1, 0.15) is 12.5 Å². The number of rotatable bonds is 1. The molecule has 0 radical (unpaired) electrons. The van der Waals surface area contributed by atoms with E-state index in [0.29, 0.717) is 23.0 Å². The zero-order valence-electron chi connectivity index (χ0n) is 8.98. The van der Waals surface area contributed by atoms with Crippen LogP contribution in [-0.2, 0) is 4.74 Å². The second-order valence-corrected chi connectivity index (χ2v) is 4.11. The largest absolute Gasteiger partial charge is 0.375 e. The van der Waals surface area contributed by atoms with Crippen LogP contribution in [0.25, 0.3) is 0 Å². The minimum absolute atomic E-state index is 0.164. The summed E-state index contributed by atoms with van der Waals surface area (Å²) in [5, 5.41) is 9.32. The molecular formula is C11H12ClN3O. The van der Waals surface area contributed by atoms with Crippen molar-refractivity contribution in [3.8, 4) is 6.07 Å². The molecular weight excluding hydrogens is 226 g/mol. The summed E-state index contributed by atoms with van der Waals surface area (Å²) in [7, 11) is 0. The quantitative estimate of drug-likeness (QED) is 0.748. The normalized spacial score (nSPS) is 20.6. The van der Waals surface area contributed by atoms with Crippen LogP contribution in [0.15, 0.2) is 12.3 Å². The van der Waals surface area contributed by atoms with E-state index in [1.54, 1.807) is 12.3 Å². The zero-order valence-corrected chi connectivity index (χ0v) is 9.74. The maximum atomic E-state index is 8.89. The van der Waals surface area contributed by atoms with Crippen molar-refractivity contribution in [2.75, 3.05) is 24.6 Å². The Kier molecular flexibility index (Phi) is 3.28. The monoisotopic (exact) mass is 237 g/mol. The number of ether oxygens (including phenoxy) is 1. The Morgan fingerprint density at radius 3 is 3.19 bits per heavy atom. The number of aromatic nitrogens is 1. The van der Waals surface area contributed by atoms with Crippen molar-refractivity contribution < 1.29 is 4.74 Å². The maximum Gasteiger partial charge on any atom is 0.148 e. The van der Waals surface area contributed by atoms with Gasteiger partial charge in [0.15, 0.2) is 0 Å². The first kappa shape index (κ1) is 11.2. The molecule has 1 aliphatic heterocycles. The molecule has 1 atom stereocenters. The molecule has 16 heavy (non-hydrogen) atoms. The fraction of sp³-hybridized carbons (Fsp3) is 0.455. The summed E-state index contributed by atoms with van der Waals surface area (Å²) in [5.41, 5.74) is 0.464. The predicted octanol–water partition coefficient (Wildman–Crippen LogP) is 1.83. The lowest BCUT2D eigenvalue weighted by Gasteiger charge is -2.32. The number of anilines is 1. The van der Waals surface area contributed by atoms with Crippen molar-refractivity contribution in [1.29, 1.82) is 5.26 Å². The summed E-state index contributed by atoms with van der Waals surface area (Å²) in [4.78, 5) is 6.29. The van der Waals surface area contributed by atoms with Crippen LogP contribution in [0.3, 0.4) is 0 Å². The van der Waals surface area contributed by atoms with Gasteiger partial charge >= 0.3 is 0 Å². The van der Waals surface area contributed by atoms with Crippen molar-refractivity contribution in [2.24, 2.45) is 0 Å². The van der Waals surface area contributed by atoms with Gasteiger partial charge < -0.3 is 9.64 Å². The Hall–Kier alpha value is -1.31. The maximum absolute atomic E-state index is 8.89. The fourth-order valence-electron chi connectivity index (χ4n) is 1.75. The minimum atomic E-state index is 0.164. The highest BCUT2D eigenvalue weighted by Crippen LogP contribution is 2.27. The van der Waals surface area contributed by atoms with Crippen LogP contribution in [0.4, 0.5) is 5.82 Å². The standard InChI is InChI=1S/C11H12ClN3O/c1-8-7-15(4-5-16-8)11-10(12)9(6-13)2-3-14-11/h2-3,8H,4-5,7H2,1H3. The van der Waals surface area contributed by atoms with Crippen LogP contribution >= 0.6 is 11.6 Å². The molecule has 1 saturated heterocycles. The van der Waals surface area contributed by atoms with Crippen LogP contribution in [0, 0.1) is 11.3 Å². The smallest absolute Gasteiger partial charge is 0.148 e. The van der Waals surface area contributed by atoms with Gasteiger partial charge in [-0.1, -0.05) is 11.6 Å². The first-order valence-corrected chi connectivity index (χ1v) is 5.51. The van der Waals surface area contributed by atoms with Gasteiger partial charge in [-0.15, -0.1) is 0 Å². The molecule has 1 fully saturated rings. The van der Waals surface area contributed by atoms with Gasteiger partial charge in [0, 0.05) is 19.3 Å². The lowest BCUT2D eigenvalue weighted by molar-refractivity contribution is 0.0529. The van der Waals surface area contributed by atoms with Crippen molar-refractivity contribution in [2.45, 2.75) is 13.0 Å². The molecule has 0 aliphatic carbocycles. The van der Waals surface area contributed by atoms with E-state index in [9.17, 15) is 0 Å². The zero-order chi connectivity index (χ0) is 11.5. The van der Waals surface area contributed by atoms with E-state index in [1.807, 2.05) is 6.92 Å². The molecule has 0 N–H and O–H groups in total. The van der Waals surface area contributed by atoms with Crippen molar-refractivity contribution in [3.63, 3.8) is 0 Å². The number of pyridine rings is 1. The Morgan fingerprint density at radius 1 is 1.69 bits per heavy atom. The molecule has 0 bridgehead atoms. The van der Waals surface area contributed by atoms with Crippen molar-refractivity contribution in [3.05, 3.63) is 22.8 Å². The summed E-state index contributed by atoms with van der Waals surface area (Å²) in [5.74, 6) is 0.677. The van der Waals surface area contributed by atoms with Gasteiger partial charge in [0.25, 0.3) is 0 Å². The molecule has 2 heterocycles. The molecule has 5 heteroatoms. The topological polar surface area (TPSA) is 49.2 Å². The highest BCUT2D eigenvalue weighted by Gasteiger charge is 2.21. The van der Waals surface area contributed by atoms with E-state index in [-0.39, 0.29) is 6.10 Å². The van der Waals surface area contributed by atoms with E-state index in [0.717, 1.165) is 13.1 Å². The summed E-state index contributed by atoms with van der Waals surface area (Å²) >= 11 is 6.12. The van der Waals surface area contributed by atoms with Gasteiger partial charge in [0.1, 0.15) is 16.9 Å². The molecule has 0 saturated carbocycles. The van der Waals surface area contributed by atoms with Gasteiger partial charge in [-0.3, -0.25) is 0 Å². The molecule has 84 valence electrons. The fourth-order valence-corrected chi connectivity index (χ4v) is 2.02. The van der Waals surface area contributed by atoms with Crippen LogP contribution in [0.5, 0.6) is 0 Å². The first-order valence-electron chi connectivity index (χ1n) is 5.13. The third-order valence-electron chi connectivity index (χ3n) is 2.53. The van der Waals surface area contributed by atoms with Crippen LogP contribution in [0.2, 0.25) is 5.02 Å². The number of hydrogen-bond donors (Lipinski definition) is 0. The second-order valence-electron chi connectivity index (χ2n) is 3.74. The summed E-state index contributed by atoms with van der Waals surface area (Å²) < 4.78 is 5.45. The van der Waals surface area contributed by atoms with Gasteiger partial charge in [0.2, 0.25) is 0 Å². The summed E-state index contributed by atoms with van der Waals surface area (Å²) in [6, 6.07) is 3.68. The molecule has 0 spiro atoms. The number of morpholine rings is 1. The number of nitriles is 1. The molecule has 2 rings (SSSR count). The lowest BCUT2D eigenvalue weighted by atomic mass is 10.2. The Balaban J connectivity index is 2.30. The Morgan fingerprint density at radius 2 is 2.50 bits per heavy atom. The molecule has 1 aromatic heterocycles. The van der Waals surface area contributed by atoms with E-state index < -0.39 is 0 Å². The first-order chi connectivity index (χ1) is 7.72. The molecule has 4 nitrogen and oxygen atoms in total. The number of nitrogens with zero attached hydrogens (tertiary/aromatic N) is 3. The number of halogens is 1. The van der Waals surface area contributed by atoms with E-state index in [2.05, 4.69) is 16.0 Å². The highest BCUT2D eigenvalue weighted by molar-refractivity contribution is 6.34. The van der Waals surface area contributed by atoms with Crippen molar-refractivity contribution >= 4 is 17.4 Å². The summed E-state index contributed by atoms with van der Waals surface area (Å²) in [6.45, 7) is 4.18. The van der Waals surface area contributed by atoms with E-state index >= 15 is 0 Å². The lowest BCUT2D eigenvalue weighted by Crippen LogP contribution is -2.41. The number of hydrogen-bond acceptors (Lipinski definition) is 4. The molecule has 1 unspecified atom stereocenters.